The minimum absolute atomic E-state index is 0.0692. The maximum atomic E-state index is 12.6. The number of hydrogen-bond donors (Lipinski definition) is 0. The molecule has 1 fully saturated rings. The first kappa shape index (κ1) is 13.4. The molecule has 2 rings (SSSR count). The molecule has 1 heterocycles. The maximum absolute atomic E-state index is 12.6. The van der Waals surface area contributed by atoms with Crippen LogP contribution in [0.1, 0.15) is 49.0 Å². The van der Waals surface area contributed by atoms with Gasteiger partial charge in [0.05, 0.1) is 10.6 Å². The lowest BCUT2D eigenvalue weighted by Crippen LogP contribution is -2.47. The van der Waals surface area contributed by atoms with Gasteiger partial charge in [-0.05, 0) is 57.7 Å². The number of rotatable bonds is 1. The van der Waals surface area contributed by atoms with E-state index < -0.39 is 0 Å². The van der Waals surface area contributed by atoms with Crippen molar-refractivity contribution in [2.24, 2.45) is 0 Å². The first-order valence-electron chi connectivity index (χ1n) is 6.59. The average molecular weight is 266 g/mol. The van der Waals surface area contributed by atoms with E-state index >= 15 is 0 Å². The lowest BCUT2D eigenvalue weighted by Gasteiger charge is -2.39. The minimum Gasteiger partial charge on any atom is -0.333 e. The number of likely N-dealkylation sites (tertiary alicyclic amines) is 1. The highest BCUT2D eigenvalue weighted by atomic mass is 35.5. The van der Waals surface area contributed by atoms with Gasteiger partial charge in [0.25, 0.3) is 5.91 Å². The Morgan fingerprint density at radius 2 is 1.89 bits per heavy atom. The van der Waals surface area contributed by atoms with Crippen molar-refractivity contribution in [2.45, 2.75) is 52.1 Å². The van der Waals surface area contributed by atoms with Crippen LogP contribution in [0.2, 0.25) is 5.02 Å². The Labute approximate surface area is 114 Å². The number of amides is 1. The van der Waals surface area contributed by atoms with Gasteiger partial charge in [0.1, 0.15) is 0 Å². The van der Waals surface area contributed by atoms with E-state index in [1.165, 1.54) is 6.42 Å². The Morgan fingerprint density at radius 3 is 2.44 bits per heavy atom. The summed E-state index contributed by atoms with van der Waals surface area (Å²) in [6.45, 7) is 6.22. The molecule has 2 nitrogen and oxygen atoms in total. The van der Waals surface area contributed by atoms with Crippen molar-refractivity contribution < 1.29 is 4.79 Å². The van der Waals surface area contributed by atoms with E-state index in [4.69, 9.17) is 11.6 Å². The Kier molecular flexibility index (Phi) is 3.96. The molecule has 18 heavy (non-hydrogen) atoms. The van der Waals surface area contributed by atoms with Crippen LogP contribution in [-0.4, -0.2) is 22.9 Å². The smallest absolute Gasteiger partial charge is 0.255 e. The lowest BCUT2D eigenvalue weighted by atomic mass is 9.96. The van der Waals surface area contributed by atoms with Crippen LogP contribution in [0.5, 0.6) is 0 Å². The van der Waals surface area contributed by atoms with Gasteiger partial charge in [-0.1, -0.05) is 17.7 Å². The molecule has 0 bridgehead atoms. The van der Waals surface area contributed by atoms with Crippen LogP contribution in [0.25, 0.3) is 0 Å². The summed E-state index contributed by atoms with van der Waals surface area (Å²) >= 11 is 6.19. The normalized spacial score (nSPS) is 24.1. The molecule has 0 aliphatic carbocycles. The van der Waals surface area contributed by atoms with Crippen LogP contribution in [-0.2, 0) is 0 Å². The fraction of sp³-hybridized carbons (Fsp3) is 0.533. The zero-order valence-corrected chi connectivity index (χ0v) is 12.0. The quantitative estimate of drug-likeness (QED) is 0.750. The van der Waals surface area contributed by atoms with Crippen molar-refractivity contribution in [3.05, 3.63) is 34.3 Å². The molecule has 0 saturated carbocycles. The highest BCUT2D eigenvalue weighted by Crippen LogP contribution is 2.27. The number of benzene rings is 1. The number of halogens is 1. The van der Waals surface area contributed by atoms with Gasteiger partial charge in [-0.15, -0.1) is 0 Å². The number of piperidine rings is 1. The predicted molar refractivity (Wildman–Crippen MR) is 75.1 cm³/mol. The molecule has 1 aromatic rings. The lowest BCUT2D eigenvalue weighted by molar-refractivity contribution is 0.0511. The summed E-state index contributed by atoms with van der Waals surface area (Å²) in [5.74, 6) is 0.0692. The summed E-state index contributed by atoms with van der Waals surface area (Å²) in [5.41, 5.74) is 1.71. The summed E-state index contributed by atoms with van der Waals surface area (Å²) in [5, 5.41) is 0.560. The first-order valence-corrected chi connectivity index (χ1v) is 6.97. The maximum Gasteiger partial charge on any atom is 0.255 e. The number of aryl methyl sites for hydroxylation is 1. The van der Waals surface area contributed by atoms with Gasteiger partial charge in [0.2, 0.25) is 0 Å². The van der Waals surface area contributed by atoms with Gasteiger partial charge < -0.3 is 4.90 Å². The zero-order valence-electron chi connectivity index (χ0n) is 11.2. The second-order valence-electron chi connectivity index (χ2n) is 5.32. The van der Waals surface area contributed by atoms with Crippen LogP contribution in [0.4, 0.5) is 0 Å². The Hall–Kier alpha value is -1.02. The average Bonchev–Trinajstić information content (AvgIpc) is 2.28. The summed E-state index contributed by atoms with van der Waals surface area (Å²) in [7, 11) is 0. The minimum atomic E-state index is 0.0692. The van der Waals surface area contributed by atoms with Crippen LogP contribution < -0.4 is 0 Å². The van der Waals surface area contributed by atoms with Gasteiger partial charge >= 0.3 is 0 Å². The van der Waals surface area contributed by atoms with Crippen molar-refractivity contribution in [1.29, 1.82) is 0 Å². The van der Waals surface area contributed by atoms with Gasteiger partial charge in [-0.2, -0.15) is 0 Å². The molecule has 1 saturated heterocycles. The molecule has 3 heteroatoms. The molecule has 1 aliphatic heterocycles. The monoisotopic (exact) mass is 265 g/mol. The van der Waals surface area contributed by atoms with E-state index in [0.717, 1.165) is 18.4 Å². The van der Waals surface area contributed by atoms with E-state index in [0.29, 0.717) is 22.7 Å². The van der Waals surface area contributed by atoms with Crippen LogP contribution >= 0.6 is 11.6 Å². The molecule has 2 atom stereocenters. The SMILES string of the molecule is Cc1ccc(C(=O)N2[C@H](C)CCC[C@H]2C)c(Cl)c1. The van der Waals surface area contributed by atoms with Crippen molar-refractivity contribution in [3.8, 4) is 0 Å². The zero-order chi connectivity index (χ0) is 13.3. The van der Waals surface area contributed by atoms with E-state index in [1.807, 2.05) is 30.0 Å². The largest absolute Gasteiger partial charge is 0.333 e. The second-order valence-corrected chi connectivity index (χ2v) is 5.73. The molecule has 98 valence electrons. The number of hydrogen-bond acceptors (Lipinski definition) is 1. The van der Waals surface area contributed by atoms with Crippen molar-refractivity contribution in [1.82, 2.24) is 4.90 Å². The number of carbonyl (C=O) groups excluding carboxylic acids is 1. The fourth-order valence-electron chi connectivity index (χ4n) is 2.75. The highest BCUT2D eigenvalue weighted by molar-refractivity contribution is 6.33. The fourth-order valence-corrected chi connectivity index (χ4v) is 3.07. The molecule has 1 aliphatic rings. The second kappa shape index (κ2) is 5.31. The molecule has 1 amide bonds. The van der Waals surface area contributed by atoms with Crippen molar-refractivity contribution in [2.75, 3.05) is 0 Å². The van der Waals surface area contributed by atoms with Crippen LogP contribution in [0.15, 0.2) is 18.2 Å². The number of nitrogens with zero attached hydrogens (tertiary/aromatic N) is 1. The summed E-state index contributed by atoms with van der Waals surface area (Å²) in [6.07, 6.45) is 3.37. The Balaban J connectivity index is 2.29. The first-order chi connectivity index (χ1) is 8.50. The summed E-state index contributed by atoms with van der Waals surface area (Å²) in [4.78, 5) is 14.6. The summed E-state index contributed by atoms with van der Waals surface area (Å²) in [6, 6.07) is 6.25. The third-order valence-corrected chi connectivity index (χ3v) is 4.10. The summed E-state index contributed by atoms with van der Waals surface area (Å²) < 4.78 is 0. The molecule has 0 N–H and O–H groups in total. The van der Waals surface area contributed by atoms with Gasteiger partial charge in [-0.25, -0.2) is 0 Å². The van der Waals surface area contributed by atoms with E-state index in [9.17, 15) is 4.79 Å². The van der Waals surface area contributed by atoms with E-state index in [1.54, 1.807) is 0 Å². The predicted octanol–water partition coefficient (Wildman–Crippen LogP) is 4.05. The topological polar surface area (TPSA) is 20.3 Å². The highest BCUT2D eigenvalue weighted by Gasteiger charge is 2.30. The van der Waals surface area contributed by atoms with Gasteiger partial charge in [0.15, 0.2) is 0 Å². The van der Waals surface area contributed by atoms with Crippen LogP contribution in [0, 0.1) is 6.92 Å². The third-order valence-electron chi connectivity index (χ3n) is 3.78. The van der Waals surface area contributed by atoms with E-state index in [-0.39, 0.29) is 5.91 Å². The molecule has 0 unspecified atom stereocenters. The molecular weight excluding hydrogens is 246 g/mol. The molecule has 1 aromatic carbocycles. The van der Waals surface area contributed by atoms with Crippen LogP contribution in [0.3, 0.4) is 0 Å². The standard InChI is InChI=1S/C15H20ClNO/c1-10-7-8-13(14(16)9-10)15(18)17-11(2)5-4-6-12(17)3/h7-9,11-12H,4-6H2,1-3H3/t11-,12-/m1/s1. The molecular formula is C15H20ClNO. The van der Waals surface area contributed by atoms with Gasteiger partial charge in [-0.3, -0.25) is 4.79 Å². The van der Waals surface area contributed by atoms with Crippen molar-refractivity contribution in [3.63, 3.8) is 0 Å². The molecule has 0 spiro atoms. The third kappa shape index (κ3) is 2.54. The van der Waals surface area contributed by atoms with Gasteiger partial charge in [0, 0.05) is 12.1 Å². The molecule has 0 radical (unpaired) electrons. The Morgan fingerprint density at radius 1 is 1.28 bits per heavy atom. The molecule has 0 aromatic heterocycles. The van der Waals surface area contributed by atoms with E-state index in [2.05, 4.69) is 13.8 Å². The van der Waals surface area contributed by atoms with Crippen molar-refractivity contribution >= 4 is 17.5 Å². The number of carbonyl (C=O) groups is 1. The Bertz CT molecular complexity index is 448.